The van der Waals surface area contributed by atoms with E-state index in [0.717, 1.165) is 28.1 Å². The van der Waals surface area contributed by atoms with Crippen molar-refractivity contribution in [2.24, 2.45) is 5.73 Å². The predicted molar refractivity (Wildman–Crippen MR) is 103 cm³/mol. The zero-order chi connectivity index (χ0) is 17.6. The van der Waals surface area contributed by atoms with Gasteiger partial charge in [0.1, 0.15) is 0 Å². The maximum Gasteiger partial charge on any atom is 0.244 e. The Balaban J connectivity index is 1.95. The Morgan fingerprint density at radius 1 is 0.720 bits per heavy atom. The molecule has 0 saturated heterocycles. The van der Waals surface area contributed by atoms with Gasteiger partial charge in [0.2, 0.25) is 5.91 Å². The molecule has 3 heteroatoms. The molecular formula is C22H20N2O. The third-order valence-corrected chi connectivity index (χ3v) is 4.04. The largest absolute Gasteiger partial charge is 0.366 e. The number of carbonyl (C=O) groups excluding carboxylic acids is 1. The highest BCUT2D eigenvalue weighted by molar-refractivity contribution is 6.03. The second-order valence-electron chi connectivity index (χ2n) is 5.80. The average molecular weight is 328 g/mol. The van der Waals surface area contributed by atoms with E-state index in [-0.39, 0.29) is 0 Å². The first-order valence-corrected chi connectivity index (χ1v) is 8.14. The van der Waals surface area contributed by atoms with Crippen LogP contribution in [0.25, 0.3) is 5.57 Å². The van der Waals surface area contributed by atoms with E-state index in [1.54, 1.807) is 6.92 Å². The van der Waals surface area contributed by atoms with Crippen molar-refractivity contribution in [1.29, 1.82) is 0 Å². The number of para-hydroxylation sites is 1. The van der Waals surface area contributed by atoms with Gasteiger partial charge in [-0.05, 0) is 47.9 Å². The van der Waals surface area contributed by atoms with E-state index in [0.29, 0.717) is 5.57 Å². The van der Waals surface area contributed by atoms with Crippen LogP contribution >= 0.6 is 0 Å². The number of hydrogen-bond acceptors (Lipinski definition) is 2. The summed E-state index contributed by atoms with van der Waals surface area (Å²) in [4.78, 5) is 11.7. The molecule has 25 heavy (non-hydrogen) atoms. The number of primary amides is 1. The van der Waals surface area contributed by atoms with Crippen molar-refractivity contribution >= 4 is 22.9 Å². The Hall–Kier alpha value is -3.33. The molecule has 0 atom stereocenters. The van der Waals surface area contributed by atoms with E-state index >= 15 is 0 Å². The zero-order valence-electron chi connectivity index (χ0n) is 14.1. The minimum atomic E-state index is -0.412. The highest BCUT2D eigenvalue weighted by atomic mass is 16.1. The second-order valence-corrected chi connectivity index (χ2v) is 5.80. The summed E-state index contributed by atoms with van der Waals surface area (Å²) in [7, 11) is 0. The molecule has 0 aliphatic heterocycles. The summed E-state index contributed by atoms with van der Waals surface area (Å²) >= 11 is 0. The second kappa shape index (κ2) is 7.49. The van der Waals surface area contributed by atoms with Gasteiger partial charge in [0.15, 0.2) is 0 Å². The van der Waals surface area contributed by atoms with Crippen LogP contribution in [-0.4, -0.2) is 5.91 Å². The van der Waals surface area contributed by atoms with Crippen LogP contribution in [-0.2, 0) is 4.79 Å². The molecule has 0 unspecified atom stereocenters. The first-order chi connectivity index (χ1) is 12.1. The van der Waals surface area contributed by atoms with Gasteiger partial charge in [-0.15, -0.1) is 0 Å². The molecule has 3 N–H and O–H groups in total. The van der Waals surface area contributed by atoms with Crippen molar-refractivity contribution < 1.29 is 4.79 Å². The Kier molecular flexibility index (Phi) is 4.95. The maximum atomic E-state index is 11.7. The number of rotatable bonds is 5. The Labute approximate surface area is 147 Å². The Morgan fingerprint density at radius 3 is 1.76 bits per heavy atom. The molecule has 0 aliphatic rings. The number of nitrogens with two attached hydrogens (primary N) is 1. The first-order valence-electron chi connectivity index (χ1n) is 8.14. The van der Waals surface area contributed by atoms with Crippen LogP contribution in [0.5, 0.6) is 0 Å². The monoisotopic (exact) mass is 328 g/mol. The average Bonchev–Trinajstić information content (AvgIpc) is 2.65. The van der Waals surface area contributed by atoms with E-state index in [2.05, 4.69) is 5.32 Å². The van der Waals surface area contributed by atoms with Crippen molar-refractivity contribution in [1.82, 2.24) is 0 Å². The predicted octanol–water partition coefficient (Wildman–Crippen LogP) is 4.74. The van der Waals surface area contributed by atoms with E-state index < -0.39 is 5.91 Å². The summed E-state index contributed by atoms with van der Waals surface area (Å²) in [6.07, 6.45) is 0. The minimum Gasteiger partial charge on any atom is -0.366 e. The van der Waals surface area contributed by atoms with Gasteiger partial charge in [-0.2, -0.15) is 0 Å². The van der Waals surface area contributed by atoms with Gasteiger partial charge in [-0.25, -0.2) is 0 Å². The zero-order valence-corrected chi connectivity index (χ0v) is 14.1. The van der Waals surface area contributed by atoms with Crippen LogP contribution < -0.4 is 11.1 Å². The molecular weight excluding hydrogens is 308 g/mol. The van der Waals surface area contributed by atoms with E-state index in [1.807, 2.05) is 84.9 Å². The van der Waals surface area contributed by atoms with Gasteiger partial charge < -0.3 is 11.1 Å². The molecule has 0 spiro atoms. The highest BCUT2D eigenvalue weighted by Gasteiger charge is 2.12. The fourth-order valence-corrected chi connectivity index (χ4v) is 2.74. The van der Waals surface area contributed by atoms with E-state index in [9.17, 15) is 4.79 Å². The Morgan fingerprint density at radius 2 is 1.20 bits per heavy atom. The standard InChI is InChI=1S/C22H20N2O/c1-16(22(23)25)21(17-8-4-2-5-9-17)18-12-14-20(15-13-18)24-19-10-6-3-7-11-19/h2-15,24H,1H3,(H2,23,25)/b21-16-. The molecule has 0 fully saturated rings. The molecule has 3 aromatic carbocycles. The van der Waals surface area contributed by atoms with E-state index in [4.69, 9.17) is 5.73 Å². The number of amides is 1. The molecule has 0 aromatic heterocycles. The fraction of sp³-hybridized carbons (Fsp3) is 0.0455. The molecule has 1 amide bonds. The quantitative estimate of drug-likeness (QED) is 0.665. The highest BCUT2D eigenvalue weighted by Crippen LogP contribution is 2.28. The fourth-order valence-electron chi connectivity index (χ4n) is 2.74. The molecule has 0 bridgehead atoms. The van der Waals surface area contributed by atoms with Gasteiger partial charge in [0.25, 0.3) is 0 Å². The molecule has 3 nitrogen and oxygen atoms in total. The number of anilines is 2. The van der Waals surface area contributed by atoms with Gasteiger partial charge in [-0.1, -0.05) is 60.7 Å². The van der Waals surface area contributed by atoms with Gasteiger partial charge >= 0.3 is 0 Å². The van der Waals surface area contributed by atoms with Gasteiger partial charge in [0.05, 0.1) is 0 Å². The third kappa shape index (κ3) is 3.96. The molecule has 3 aromatic rings. The van der Waals surface area contributed by atoms with Crippen LogP contribution in [0.4, 0.5) is 11.4 Å². The molecule has 0 heterocycles. The number of hydrogen-bond donors (Lipinski definition) is 2. The summed E-state index contributed by atoms with van der Waals surface area (Å²) in [5.74, 6) is -0.412. The SMILES string of the molecule is C/C(C(N)=O)=C(\c1ccccc1)c1ccc(Nc2ccccc2)cc1. The van der Waals surface area contributed by atoms with Crippen molar-refractivity contribution in [2.75, 3.05) is 5.32 Å². The minimum absolute atomic E-state index is 0.412. The normalized spacial score (nSPS) is 11.6. The third-order valence-electron chi connectivity index (χ3n) is 4.04. The summed E-state index contributed by atoms with van der Waals surface area (Å²) in [6.45, 7) is 1.76. The van der Waals surface area contributed by atoms with Crippen molar-refractivity contribution in [3.8, 4) is 0 Å². The lowest BCUT2D eigenvalue weighted by atomic mass is 9.93. The summed E-state index contributed by atoms with van der Waals surface area (Å²) in [6, 6.07) is 27.8. The first kappa shape index (κ1) is 16.5. The lowest BCUT2D eigenvalue weighted by Gasteiger charge is -2.13. The van der Waals surface area contributed by atoms with Crippen LogP contribution in [0.2, 0.25) is 0 Å². The van der Waals surface area contributed by atoms with Crippen molar-refractivity contribution in [3.05, 3.63) is 102 Å². The molecule has 124 valence electrons. The van der Waals surface area contributed by atoms with Crippen LogP contribution in [0, 0.1) is 0 Å². The number of benzene rings is 3. The summed E-state index contributed by atoms with van der Waals surface area (Å²) in [5.41, 5.74) is 10.9. The molecule has 0 radical (unpaired) electrons. The van der Waals surface area contributed by atoms with Gasteiger partial charge in [0, 0.05) is 16.9 Å². The summed E-state index contributed by atoms with van der Waals surface area (Å²) in [5, 5.41) is 3.35. The lowest BCUT2D eigenvalue weighted by Crippen LogP contribution is -2.14. The van der Waals surface area contributed by atoms with Gasteiger partial charge in [-0.3, -0.25) is 4.79 Å². The van der Waals surface area contributed by atoms with Crippen LogP contribution in [0.15, 0.2) is 90.5 Å². The van der Waals surface area contributed by atoms with Crippen molar-refractivity contribution in [3.63, 3.8) is 0 Å². The smallest absolute Gasteiger partial charge is 0.244 e. The molecule has 3 rings (SSSR count). The lowest BCUT2D eigenvalue weighted by molar-refractivity contribution is -0.114. The number of carbonyl (C=O) groups is 1. The van der Waals surface area contributed by atoms with Crippen LogP contribution in [0.1, 0.15) is 18.1 Å². The van der Waals surface area contributed by atoms with E-state index in [1.165, 1.54) is 0 Å². The molecule has 0 aliphatic carbocycles. The summed E-state index contributed by atoms with van der Waals surface area (Å²) < 4.78 is 0. The topological polar surface area (TPSA) is 55.1 Å². The van der Waals surface area contributed by atoms with Crippen molar-refractivity contribution in [2.45, 2.75) is 6.92 Å². The van der Waals surface area contributed by atoms with Crippen LogP contribution in [0.3, 0.4) is 0 Å². The molecule has 0 saturated carbocycles. The maximum absolute atomic E-state index is 11.7. The Bertz CT molecular complexity index is 882. The number of nitrogens with one attached hydrogen (secondary N) is 1.